The summed E-state index contributed by atoms with van der Waals surface area (Å²) in [5.74, 6) is 1.46. The zero-order valence-corrected chi connectivity index (χ0v) is 8.98. The number of rotatable bonds is 2. The molecule has 13 heavy (non-hydrogen) atoms. The van der Waals surface area contributed by atoms with Crippen molar-refractivity contribution in [1.82, 2.24) is 0 Å². The highest BCUT2D eigenvalue weighted by Gasteiger charge is 2.41. The monoisotopic (exact) mass is 202 g/mol. The maximum atomic E-state index is 6.09. The molecular weight excluding hydrogens is 184 g/mol. The van der Waals surface area contributed by atoms with E-state index in [0.717, 1.165) is 12.5 Å². The molecular formula is C11H19ClO. The van der Waals surface area contributed by atoms with Crippen molar-refractivity contribution in [3.05, 3.63) is 0 Å². The van der Waals surface area contributed by atoms with Crippen LogP contribution >= 0.6 is 11.6 Å². The number of hydrogen-bond acceptors (Lipinski definition) is 1. The fourth-order valence-corrected chi connectivity index (χ4v) is 3.29. The fourth-order valence-electron chi connectivity index (χ4n) is 2.86. The lowest BCUT2D eigenvalue weighted by atomic mass is 9.82. The molecule has 0 aromatic rings. The van der Waals surface area contributed by atoms with Crippen molar-refractivity contribution in [3.63, 3.8) is 0 Å². The van der Waals surface area contributed by atoms with Crippen LogP contribution in [-0.2, 0) is 4.74 Å². The Labute approximate surface area is 85.8 Å². The summed E-state index contributed by atoms with van der Waals surface area (Å²) in [5.41, 5.74) is 0.0658. The molecule has 1 nitrogen and oxygen atoms in total. The Morgan fingerprint density at radius 1 is 1.15 bits per heavy atom. The summed E-state index contributed by atoms with van der Waals surface area (Å²) in [6, 6.07) is 0. The Hall–Kier alpha value is 0.250. The smallest absolute Gasteiger partial charge is 0.0845 e. The average molecular weight is 203 g/mol. The van der Waals surface area contributed by atoms with E-state index < -0.39 is 0 Å². The van der Waals surface area contributed by atoms with Crippen molar-refractivity contribution in [2.24, 2.45) is 5.92 Å². The van der Waals surface area contributed by atoms with Crippen LogP contribution in [0.3, 0.4) is 0 Å². The van der Waals surface area contributed by atoms with Crippen molar-refractivity contribution in [3.8, 4) is 0 Å². The normalized spacial score (nSPS) is 36.7. The van der Waals surface area contributed by atoms with E-state index in [1.54, 1.807) is 0 Å². The van der Waals surface area contributed by atoms with Gasteiger partial charge in [0.1, 0.15) is 0 Å². The van der Waals surface area contributed by atoms with E-state index in [4.69, 9.17) is 16.3 Å². The van der Waals surface area contributed by atoms with Gasteiger partial charge in [0.2, 0.25) is 0 Å². The second-order valence-electron chi connectivity index (χ2n) is 4.49. The van der Waals surface area contributed by atoms with Crippen LogP contribution in [0, 0.1) is 5.92 Å². The van der Waals surface area contributed by atoms with E-state index in [0.29, 0.717) is 5.88 Å². The van der Waals surface area contributed by atoms with Crippen LogP contribution in [0.5, 0.6) is 0 Å². The van der Waals surface area contributed by atoms with Crippen LogP contribution in [-0.4, -0.2) is 18.1 Å². The second-order valence-corrected chi connectivity index (χ2v) is 4.75. The molecule has 0 N–H and O–H groups in total. The lowest BCUT2D eigenvalue weighted by molar-refractivity contribution is -0.0990. The molecule has 1 aliphatic carbocycles. The lowest BCUT2D eigenvalue weighted by Crippen LogP contribution is -2.44. The van der Waals surface area contributed by atoms with Gasteiger partial charge in [-0.05, 0) is 38.0 Å². The summed E-state index contributed by atoms with van der Waals surface area (Å²) in [5, 5.41) is 0. The van der Waals surface area contributed by atoms with Gasteiger partial charge in [0.05, 0.1) is 11.5 Å². The topological polar surface area (TPSA) is 9.23 Å². The summed E-state index contributed by atoms with van der Waals surface area (Å²) in [6.45, 7) is 0.934. The predicted octanol–water partition coefficient (Wildman–Crippen LogP) is 3.35. The molecule has 2 aliphatic rings. The first-order valence-corrected chi connectivity index (χ1v) is 6.11. The molecule has 0 radical (unpaired) electrons. The van der Waals surface area contributed by atoms with Gasteiger partial charge < -0.3 is 4.74 Å². The average Bonchev–Trinajstić information content (AvgIpc) is 2.72. The summed E-state index contributed by atoms with van der Waals surface area (Å²) >= 11 is 6.09. The van der Waals surface area contributed by atoms with E-state index >= 15 is 0 Å². The van der Waals surface area contributed by atoms with Crippen molar-refractivity contribution in [2.75, 3.05) is 12.5 Å². The fraction of sp³-hybridized carbons (Fsp3) is 1.00. The standard InChI is InChI=1S/C11H19ClO/c12-9-11(7-3-4-8-13-11)10-5-1-2-6-10/h10H,1-9H2. The van der Waals surface area contributed by atoms with Crippen LogP contribution < -0.4 is 0 Å². The van der Waals surface area contributed by atoms with Gasteiger partial charge in [-0.3, -0.25) is 0 Å². The Kier molecular flexibility index (Phi) is 3.15. The highest BCUT2D eigenvalue weighted by atomic mass is 35.5. The zero-order chi connectivity index (χ0) is 9.15. The van der Waals surface area contributed by atoms with Crippen molar-refractivity contribution in [1.29, 1.82) is 0 Å². The highest BCUT2D eigenvalue weighted by Crippen LogP contribution is 2.42. The van der Waals surface area contributed by atoms with Crippen LogP contribution in [0.4, 0.5) is 0 Å². The highest BCUT2D eigenvalue weighted by molar-refractivity contribution is 6.18. The summed E-state index contributed by atoms with van der Waals surface area (Å²) in [7, 11) is 0. The molecule has 1 unspecified atom stereocenters. The number of hydrogen-bond donors (Lipinski definition) is 0. The van der Waals surface area contributed by atoms with Crippen molar-refractivity contribution >= 4 is 11.6 Å². The first kappa shape index (κ1) is 9.79. The van der Waals surface area contributed by atoms with E-state index in [1.807, 2.05) is 0 Å². The molecule has 1 aliphatic heterocycles. The largest absolute Gasteiger partial charge is 0.373 e. The predicted molar refractivity (Wildman–Crippen MR) is 55.2 cm³/mol. The molecule has 1 saturated heterocycles. The van der Waals surface area contributed by atoms with E-state index in [9.17, 15) is 0 Å². The molecule has 1 heterocycles. The van der Waals surface area contributed by atoms with Gasteiger partial charge in [0.15, 0.2) is 0 Å². The molecule has 76 valence electrons. The number of ether oxygens (including phenoxy) is 1. The molecule has 2 rings (SSSR count). The molecule has 2 fully saturated rings. The van der Waals surface area contributed by atoms with E-state index in [1.165, 1.54) is 44.9 Å². The minimum Gasteiger partial charge on any atom is -0.373 e. The second kappa shape index (κ2) is 4.18. The van der Waals surface area contributed by atoms with Gasteiger partial charge in [0.25, 0.3) is 0 Å². The van der Waals surface area contributed by atoms with Gasteiger partial charge in [-0.2, -0.15) is 0 Å². The Morgan fingerprint density at radius 3 is 2.46 bits per heavy atom. The zero-order valence-electron chi connectivity index (χ0n) is 8.23. The maximum Gasteiger partial charge on any atom is 0.0845 e. The molecule has 0 aromatic carbocycles. The van der Waals surface area contributed by atoms with Gasteiger partial charge in [0, 0.05) is 6.61 Å². The third kappa shape index (κ3) is 1.87. The van der Waals surface area contributed by atoms with Gasteiger partial charge in [-0.25, -0.2) is 0 Å². The molecule has 2 heteroatoms. The number of halogens is 1. The van der Waals surface area contributed by atoms with Crippen LogP contribution in [0.1, 0.15) is 44.9 Å². The van der Waals surface area contributed by atoms with Crippen molar-refractivity contribution in [2.45, 2.75) is 50.5 Å². The summed E-state index contributed by atoms with van der Waals surface area (Å²) < 4.78 is 5.97. The molecule has 0 aromatic heterocycles. The first-order valence-electron chi connectivity index (χ1n) is 5.57. The Bertz CT molecular complexity index is 157. The molecule has 0 bridgehead atoms. The Balaban J connectivity index is 2.03. The molecule has 0 spiro atoms. The minimum atomic E-state index is 0.0658. The van der Waals surface area contributed by atoms with E-state index in [2.05, 4.69) is 0 Å². The van der Waals surface area contributed by atoms with Gasteiger partial charge in [-0.15, -0.1) is 11.6 Å². The van der Waals surface area contributed by atoms with Gasteiger partial charge in [-0.1, -0.05) is 12.8 Å². The lowest BCUT2D eigenvalue weighted by Gasteiger charge is -2.40. The molecule has 1 atom stereocenters. The van der Waals surface area contributed by atoms with Crippen molar-refractivity contribution < 1.29 is 4.74 Å². The first-order chi connectivity index (χ1) is 6.37. The Morgan fingerprint density at radius 2 is 1.92 bits per heavy atom. The minimum absolute atomic E-state index is 0.0658. The van der Waals surface area contributed by atoms with Gasteiger partial charge >= 0.3 is 0 Å². The van der Waals surface area contributed by atoms with Crippen LogP contribution in [0.25, 0.3) is 0 Å². The van der Waals surface area contributed by atoms with E-state index in [-0.39, 0.29) is 5.60 Å². The third-order valence-corrected chi connectivity index (χ3v) is 4.16. The summed E-state index contributed by atoms with van der Waals surface area (Å²) in [4.78, 5) is 0. The van der Waals surface area contributed by atoms with Crippen LogP contribution in [0.2, 0.25) is 0 Å². The molecule has 0 amide bonds. The molecule has 1 saturated carbocycles. The SMILES string of the molecule is ClCC1(C2CCCC2)CCCCO1. The quantitative estimate of drug-likeness (QED) is 0.624. The maximum absolute atomic E-state index is 6.09. The van der Waals surface area contributed by atoms with Crippen LogP contribution in [0.15, 0.2) is 0 Å². The summed E-state index contributed by atoms with van der Waals surface area (Å²) in [6.07, 6.45) is 9.18. The third-order valence-electron chi connectivity index (χ3n) is 3.71. The number of alkyl halides is 1.